The predicted molar refractivity (Wildman–Crippen MR) is 111 cm³/mol. The quantitative estimate of drug-likeness (QED) is 0.441. The summed E-state index contributed by atoms with van der Waals surface area (Å²) >= 11 is 6.29. The lowest BCUT2D eigenvalue weighted by Gasteiger charge is -2.38. The molecular weight excluding hydrogens is 412 g/mol. The Balaban J connectivity index is 1.66. The molecule has 1 aliphatic rings. The van der Waals surface area contributed by atoms with E-state index in [1.165, 1.54) is 25.3 Å². The van der Waals surface area contributed by atoms with Crippen molar-refractivity contribution in [2.45, 2.75) is 6.04 Å². The summed E-state index contributed by atoms with van der Waals surface area (Å²) in [5.41, 5.74) is 0.902. The van der Waals surface area contributed by atoms with Crippen LogP contribution in [0.4, 0.5) is 16.2 Å². The van der Waals surface area contributed by atoms with Gasteiger partial charge in [0.25, 0.3) is 5.69 Å². The number of carbonyl (C=O) groups excluding carboxylic acids is 2. The molecule has 0 saturated carbocycles. The molecule has 1 aliphatic heterocycles. The van der Waals surface area contributed by atoms with Gasteiger partial charge in [0.15, 0.2) is 0 Å². The van der Waals surface area contributed by atoms with E-state index in [2.05, 4.69) is 5.32 Å². The van der Waals surface area contributed by atoms with E-state index in [1.807, 2.05) is 4.90 Å². The Labute approximate surface area is 178 Å². The van der Waals surface area contributed by atoms with E-state index in [9.17, 15) is 19.7 Å². The smallest absolute Gasteiger partial charge is 0.327 e. The molecule has 10 heteroatoms. The van der Waals surface area contributed by atoms with Crippen LogP contribution in [0.15, 0.2) is 48.5 Å². The topological polar surface area (TPSA) is 105 Å². The van der Waals surface area contributed by atoms with Gasteiger partial charge in [-0.1, -0.05) is 35.9 Å². The number of anilines is 1. The molecule has 1 fully saturated rings. The monoisotopic (exact) mass is 432 g/mol. The number of nitrogens with zero attached hydrogens (tertiary/aromatic N) is 3. The van der Waals surface area contributed by atoms with Crippen molar-refractivity contribution < 1.29 is 19.2 Å². The lowest BCUT2D eigenvalue weighted by atomic mass is 10.0. The molecule has 2 aromatic carbocycles. The highest BCUT2D eigenvalue weighted by Gasteiger charge is 2.33. The molecule has 1 saturated heterocycles. The van der Waals surface area contributed by atoms with Crippen LogP contribution >= 0.6 is 11.6 Å². The second kappa shape index (κ2) is 9.55. The number of urea groups is 1. The van der Waals surface area contributed by atoms with Crippen molar-refractivity contribution in [1.29, 1.82) is 0 Å². The van der Waals surface area contributed by atoms with Gasteiger partial charge in [0, 0.05) is 49.0 Å². The Morgan fingerprint density at radius 1 is 1.13 bits per heavy atom. The number of rotatable bonds is 5. The van der Waals surface area contributed by atoms with Crippen LogP contribution in [0.3, 0.4) is 0 Å². The fourth-order valence-electron chi connectivity index (χ4n) is 3.36. The summed E-state index contributed by atoms with van der Waals surface area (Å²) in [6.45, 7) is 1.62. The van der Waals surface area contributed by atoms with E-state index in [0.29, 0.717) is 42.5 Å². The third-order valence-electron chi connectivity index (χ3n) is 4.90. The fraction of sp³-hybridized carbons (Fsp3) is 0.300. The first-order valence-corrected chi connectivity index (χ1v) is 9.65. The number of hydrogen-bond acceptors (Lipinski definition) is 6. The van der Waals surface area contributed by atoms with Crippen LogP contribution in [0, 0.1) is 10.1 Å². The van der Waals surface area contributed by atoms with Gasteiger partial charge in [-0.25, -0.2) is 9.59 Å². The first kappa shape index (κ1) is 21.5. The van der Waals surface area contributed by atoms with Crippen molar-refractivity contribution in [3.63, 3.8) is 0 Å². The first-order valence-electron chi connectivity index (χ1n) is 9.27. The van der Waals surface area contributed by atoms with Crippen LogP contribution < -0.4 is 5.32 Å². The number of esters is 1. The second-order valence-corrected chi connectivity index (χ2v) is 7.12. The molecule has 1 N–H and O–H groups in total. The number of amides is 2. The third-order valence-corrected chi connectivity index (χ3v) is 5.24. The summed E-state index contributed by atoms with van der Waals surface area (Å²) in [6.07, 6.45) is 0. The molecule has 2 aromatic rings. The zero-order valence-corrected chi connectivity index (χ0v) is 17.0. The van der Waals surface area contributed by atoms with Gasteiger partial charge >= 0.3 is 12.0 Å². The van der Waals surface area contributed by atoms with Crippen molar-refractivity contribution >= 4 is 35.0 Å². The Morgan fingerprint density at radius 2 is 1.83 bits per heavy atom. The molecule has 0 spiro atoms. The van der Waals surface area contributed by atoms with Gasteiger partial charge in [-0.15, -0.1) is 0 Å². The second-order valence-electron chi connectivity index (χ2n) is 6.71. The van der Waals surface area contributed by atoms with Gasteiger partial charge < -0.3 is 15.0 Å². The van der Waals surface area contributed by atoms with Crippen molar-refractivity contribution in [3.8, 4) is 0 Å². The molecule has 0 unspecified atom stereocenters. The van der Waals surface area contributed by atoms with Crippen LogP contribution in [-0.4, -0.2) is 60.0 Å². The molecule has 3 rings (SSSR count). The van der Waals surface area contributed by atoms with E-state index >= 15 is 0 Å². The number of nitrogens with one attached hydrogen (secondary N) is 1. The van der Waals surface area contributed by atoms with Crippen molar-refractivity contribution in [2.75, 3.05) is 38.6 Å². The lowest BCUT2D eigenvalue weighted by Crippen LogP contribution is -2.52. The molecule has 0 bridgehead atoms. The number of halogens is 1. The normalized spacial score (nSPS) is 15.3. The van der Waals surface area contributed by atoms with Gasteiger partial charge in [0.2, 0.25) is 0 Å². The number of carbonyl (C=O) groups is 2. The molecule has 2 amide bonds. The Bertz CT molecular complexity index is 946. The van der Waals surface area contributed by atoms with Crippen LogP contribution in [0.1, 0.15) is 11.6 Å². The van der Waals surface area contributed by atoms with Crippen molar-refractivity contribution in [2.24, 2.45) is 0 Å². The fourth-order valence-corrected chi connectivity index (χ4v) is 3.60. The van der Waals surface area contributed by atoms with Gasteiger partial charge in [-0.2, -0.15) is 0 Å². The third kappa shape index (κ3) is 4.87. The summed E-state index contributed by atoms with van der Waals surface area (Å²) in [6, 6.07) is 11.8. The highest BCUT2D eigenvalue weighted by atomic mass is 35.5. The van der Waals surface area contributed by atoms with Crippen LogP contribution in [-0.2, 0) is 9.53 Å². The molecule has 158 valence electrons. The lowest BCUT2D eigenvalue weighted by molar-refractivity contribution is -0.384. The Hall–Kier alpha value is -3.17. The van der Waals surface area contributed by atoms with Crippen LogP contribution in [0.25, 0.3) is 0 Å². The zero-order chi connectivity index (χ0) is 21.7. The maximum atomic E-state index is 12.6. The molecular formula is C20H21ClN4O5. The number of nitro groups is 1. The molecule has 1 heterocycles. The number of nitro benzene ring substituents is 1. The average molecular weight is 433 g/mol. The predicted octanol–water partition coefficient (Wildman–Crippen LogP) is 3.31. The van der Waals surface area contributed by atoms with Gasteiger partial charge in [-0.3, -0.25) is 15.0 Å². The SMILES string of the molecule is COC(=O)[C@H](c1ccccc1Cl)N1CCN(C(=O)Nc2cccc([N+](=O)[O-])c2)CC1. The first-order chi connectivity index (χ1) is 14.4. The number of ether oxygens (including phenoxy) is 1. The van der Waals surface area contributed by atoms with Gasteiger partial charge in [-0.05, 0) is 17.7 Å². The van der Waals surface area contributed by atoms with E-state index in [4.69, 9.17) is 16.3 Å². The molecule has 9 nitrogen and oxygen atoms in total. The van der Waals surface area contributed by atoms with Gasteiger partial charge in [0.05, 0.1) is 12.0 Å². The summed E-state index contributed by atoms with van der Waals surface area (Å²) in [7, 11) is 1.33. The van der Waals surface area contributed by atoms with Gasteiger partial charge in [0.1, 0.15) is 6.04 Å². The minimum absolute atomic E-state index is 0.0988. The maximum absolute atomic E-state index is 12.6. The van der Waals surface area contributed by atoms with E-state index in [1.54, 1.807) is 35.2 Å². The minimum atomic E-state index is -0.661. The maximum Gasteiger partial charge on any atom is 0.327 e. The van der Waals surface area contributed by atoms with E-state index in [0.717, 1.165) is 0 Å². The zero-order valence-electron chi connectivity index (χ0n) is 16.3. The van der Waals surface area contributed by atoms with Crippen molar-refractivity contribution in [1.82, 2.24) is 9.80 Å². The molecule has 1 atom stereocenters. The highest BCUT2D eigenvalue weighted by Crippen LogP contribution is 2.29. The molecule has 0 aromatic heterocycles. The number of methoxy groups -OCH3 is 1. The minimum Gasteiger partial charge on any atom is -0.468 e. The van der Waals surface area contributed by atoms with E-state index in [-0.39, 0.29) is 11.7 Å². The summed E-state index contributed by atoms with van der Waals surface area (Å²) in [5, 5.41) is 14.0. The largest absolute Gasteiger partial charge is 0.468 e. The molecule has 0 aliphatic carbocycles. The molecule has 30 heavy (non-hydrogen) atoms. The summed E-state index contributed by atoms with van der Waals surface area (Å²) in [5.74, 6) is -0.419. The Morgan fingerprint density at radius 3 is 2.47 bits per heavy atom. The number of non-ortho nitro benzene ring substituents is 1. The van der Waals surface area contributed by atoms with Crippen molar-refractivity contribution in [3.05, 3.63) is 69.2 Å². The van der Waals surface area contributed by atoms with Crippen LogP contribution in [0.2, 0.25) is 5.02 Å². The average Bonchev–Trinajstić information content (AvgIpc) is 2.75. The molecule has 0 radical (unpaired) electrons. The highest BCUT2D eigenvalue weighted by molar-refractivity contribution is 6.31. The summed E-state index contributed by atoms with van der Waals surface area (Å²) < 4.78 is 4.97. The number of benzene rings is 2. The standard InChI is InChI=1S/C20H21ClN4O5/c1-30-19(26)18(16-7-2-3-8-17(16)21)23-9-11-24(12-10-23)20(27)22-14-5-4-6-15(13-14)25(28)29/h2-8,13,18H,9-12H2,1H3,(H,22,27)/t18-/m0/s1. The number of piperazine rings is 1. The van der Waals surface area contributed by atoms with Crippen LogP contribution in [0.5, 0.6) is 0 Å². The number of hydrogen-bond donors (Lipinski definition) is 1. The van der Waals surface area contributed by atoms with E-state index < -0.39 is 16.9 Å². The summed E-state index contributed by atoms with van der Waals surface area (Å²) in [4.78, 5) is 38.9. The Kier molecular flexibility index (Phi) is 6.86.